The van der Waals surface area contributed by atoms with E-state index in [0.29, 0.717) is 6.54 Å². The second kappa shape index (κ2) is 7.36. The van der Waals surface area contributed by atoms with Crippen LogP contribution in [-0.2, 0) is 11.2 Å². The first-order valence-corrected chi connectivity index (χ1v) is 8.76. The number of nitrogens with two attached hydrogens (primary N) is 1. The SMILES string of the molecule is CC(=O)NC1CCN(c2c(CCN)cc(Cl)c3cccnc23)CC1. The number of benzene rings is 1. The predicted octanol–water partition coefficient (Wildman–Crippen LogP) is 2.49. The van der Waals surface area contributed by atoms with Crippen molar-refractivity contribution in [1.82, 2.24) is 10.3 Å². The number of fused-ring (bicyclic) bond motifs is 1. The largest absolute Gasteiger partial charge is 0.369 e. The molecule has 0 aliphatic carbocycles. The Morgan fingerprint density at radius 2 is 2.21 bits per heavy atom. The van der Waals surface area contributed by atoms with Gasteiger partial charge in [-0.15, -0.1) is 0 Å². The lowest BCUT2D eigenvalue weighted by atomic mass is 9.99. The van der Waals surface area contributed by atoms with E-state index in [4.69, 9.17) is 17.3 Å². The first-order chi connectivity index (χ1) is 11.6. The Morgan fingerprint density at radius 3 is 2.88 bits per heavy atom. The van der Waals surface area contributed by atoms with Crippen LogP contribution in [0.4, 0.5) is 5.69 Å². The van der Waals surface area contributed by atoms with Gasteiger partial charge in [0.1, 0.15) is 0 Å². The summed E-state index contributed by atoms with van der Waals surface area (Å²) in [5.41, 5.74) is 9.02. The van der Waals surface area contributed by atoms with Gasteiger partial charge >= 0.3 is 0 Å². The van der Waals surface area contributed by atoms with E-state index in [-0.39, 0.29) is 11.9 Å². The summed E-state index contributed by atoms with van der Waals surface area (Å²) in [5.74, 6) is 0.0379. The number of carbonyl (C=O) groups excluding carboxylic acids is 1. The number of pyridine rings is 1. The van der Waals surface area contributed by atoms with E-state index in [9.17, 15) is 4.79 Å². The highest BCUT2D eigenvalue weighted by Crippen LogP contribution is 2.36. The van der Waals surface area contributed by atoms with Crippen LogP contribution in [-0.4, -0.2) is 36.6 Å². The molecule has 1 fully saturated rings. The predicted molar refractivity (Wildman–Crippen MR) is 98.6 cm³/mol. The van der Waals surface area contributed by atoms with E-state index in [1.54, 1.807) is 13.1 Å². The molecule has 1 aromatic heterocycles. The first kappa shape index (κ1) is 17.0. The van der Waals surface area contributed by atoms with Gasteiger partial charge in [0.25, 0.3) is 0 Å². The van der Waals surface area contributed by atoms with Crippen LogP contribution in [0.25, 0.3) is 10.9 Å². The average Bonchev–Trinajstić information content (AvgIpc) is 2.56. The number of rotatable bonds is 4. The third-order valence-electron chi connectivity index (χ3n) is 4.53. The smallest absolute Gasteiger partial charge is 0.217 e. The standard InChI is InChI=1S/C18H23ClN4O/c1-12(24)22-14-5-9-23(10-6-14)18-13(4-7-20)11-16(19)15-3-2-8-21-17(15)18/h2-3,8,11,14H,4-7,9-10,20H2,1H3,(H,22,24). The van der Waals surface area contributed by atoms with Crippen molar-refractivity contribution < 1.29 is 4.79 Å². The lowest BCUT2D eigenvalue weighted by Gasteiger charge is -2.35. The van der Waals surface area contributed by atoms with Gasteiger partial charge in [0.2, 0.25) is 5.91 Å². The Hall–Kier alpha value is -1.85. The second-order valence-electron chi connectivity index (χ2n) is 6.27. The average molecular weight is 347 g/mol. The van der Waals surface area contributed by atoms with Crippen LogP contribution in [0.3, 0.4) is 0 Å². The molecule has 1 amide bonds. The molecule has 1 aliphatic heterocycles. The Morgan fingerprint density at radius 1 is 1.46 bits per heavy atom. The van der Waals surface area contributed by atoms with Crippen LogP contribution in [0.2, 0.25) is 5.02 Å². The number of amides is 1. The lowest BCUT2D eigenvalue weighted by molar-refractivity contribution is -0.119. The quantitative estimate of drug-likeness (QED) is 0.892. The summed E-state index contributed by atoms with van der Waals surface area (Å²) in [5, 5.41) is 4.71. The zero-order valence-electron chi connectivity index (χ0n) is 13.9. The molecule has 0 atom stereocenters. The molecule has 1 aromatic carbocycles. The summed E-state index contributed by atoms with van der Waals surface area (Å²) in [6, 6.07) is 6.19. The molecular formula is C18H23ClN4O. The highest BCUT2D eigenvalue weighted by Gasteiger charge is 2.24. The number of carbonyl (C=O) groups is 1. The van der Waals surface area contributed by atoms with Crippen molar-refractivity contribution in [2.75, 3.05) is 24.5 Å². The molecular weight excluding hydrogens is 324 g/mol. The van der Waals surface area contributed by atoms with Gasteiger partial charge in [-0.1, -0.05) is 11.6 Å². The Kier molecular flexibility index (Phi) is 5.21. The molecule has 1 saturated heterocycles. The van der Waals surface area contributed by atoms with Crippen LogP contribution in [0.15, 0.2) is 24.4 Å². The van der Waals surface area contributed by atoms with Gasteiger partial charge in [0, 0.05) is 37.6 Å². The molecule has 0 spiro atoms. The molecule has 128 valence electrons. The second-order valence-corrected chi connectivity index (χ2v) is 6.67. The number of piperidine rings is 1. The zero-order chi connectivity index (χ0) is 17.1. The number of halogens is 1. The van der Waals surface area contributed by atoms with Crippen molar-refractivity contribution in [3.05, 3.63) is 35.0 Å². The molecule has 0 bridgehead atoms. The number of aromatic nitrogens is 1. The van der Waals surface area contributed by atoms with Crippen molar-refractivity contribution in [3.63, 3.8) is 0 Å². The summed E-state index contributed by atoms with van der Waals surface area (Å²) >= 11 is 6.44. The summed E-state index contributed by atoms with van der Waals surface area (Å²) < 4.78 is 0. The van der Waals surface area contributed by atoms with Gasteiger partial charge in [-0.3, -0.25) is 9.78 Å². The van der Waals surface area contributed by atoms with Gasteiger partial charge in [0.05, 0.1) is 16.2 Å². The summed E-state index contributed by atoms with van der Waals surface area (Å²) in [7, 11) is 0. The Balaban J connectivity index is 1.95. The number of hydrogen-bond acceptors (Lipinski definition) is 4. The number of nitrogens with one attached hydrogen (secondary N) is 1. The molecule has 2 heterocycles. The van der Waals surface area contributed by atoms with Crippen molar-refractivity contribution >= 4 is 34.1 Å². The van der Waals surface area contributed by atoms with Crippen LogP contribution in [0.1, 0.15) is 25.3 Å². The molecule has 2 aromatic rings. The summed E-state index contributed by atoms with van der Waals surface area (Å²) in [6.45, 7) is 3.91. The van der Waals surface area contributed by atoms with Crippen LogP contribution >= 0.6 is 11.6 Å². The molecule has 0 saturated carbocycles. The van der Waals surface area contributed by atoms with Gasteiger partial charge in [-0.2, -0.15) is 0 Å². The van der Waals surface area contributed by atoms with E-state index in [1.807, 2.05) is 18.2 Å². The van der Waals surface area contributed by atoms with E-state index in [2.05, 4.69) is 15.2 Å². The molecule has 3 N–H and O–H groups in total. The monoisotopic (exact) mass is 346 g/mol. The fourth-order valence-corrected chi connectivity index (χ4v) is 3.76. The van der Waals surface area contributed by atoms with E-state index in [1.165, 1.54) is 0 Å². The van der Waals surface area contributed by atoms with Crippen LogP contribution in [0.5, 0.6) is 0 Å². The zero-order valence-corrected chi connectivity index (χ0v) is 14.6. The van der Waals surface area contributed by atoms with Crippen molar-refractivity contribution in [3.8, 4) is 0 Å². The van der Waals surface area contributed by atoms with Gasteiger partial charge in [-0.25, -0.2) is 0 Å². The minimum Gasteiger partial charge on any atom is -0.369 e. The molecule has 24 heavy (non-hydrogen) atoms. The minimum absolute atomic E-state index is 0.0379. The molecule has 6 heteroatoms. The fraction of sp³-hybridized carbons (Fsp3) is 0.444. The topological polar surface area (TPSA) is 71.2 Å². The molecule has 0 radical (unpaired) electrons. The molecule has 1 aliphatic rings. The van der Waals surface area contributed by atoms with Crippen LogP contribution in [0, 0.1) is 0 Å². The Labute approximate surface area is 147 Å². The highest BCUT2D eigenvalue weighted by atomic mass is 35.5. The molecule has 0 unspecified atom stereocenters. The van der Waals surface area contributed by atoms with E-state index < -0.39 is 0 Å². The highest BCUT2D eigenvalue weighted by molar-refractivity contribution is 6.36. The van der Waals surface area contributed by atoms with Gasteiger partial charge in [-0.05, 0) is 49.6 Å². The van der Waals surface area contributed by atoms with Gasteiger partial charge in [0.15, 0.2) is 0 Å². The maximum atomic E-state index is 11.3. The maximum Gasteiger partial charge on any atom is 0.217 e. The van der Waals surface area contributed by atoms with Crippen molar-refractivity contribution in [2.45, 2.75) is 32.2 Å². The summed E-state index contributed by atoms with van der Waals surface area (Å²) in [4.78, 5) is 18.2. The number of hydrogen-bond donors (Lipinski definition) is 2. The fourth-order valence-electron chi connectivity index (χ4n) is 3.47. The molecule has 3 rings (SSSR count). The maximum absolute atomic E-state index is 11.3. The van der Waals surface area contributed by atoms with E-state index >= 15 is 0 Å². The van der Waals surface area contributed by atoms with Crippen molar-refractivity contribution in [2.24, 2.45) is 5.73 Å². The third-order valence-corrected chi connectivity index (χ3v) is 4.84. The minimum atomic E-state index is 0.0379. The summed E-state index contributed by atoms with van der Waals surface area (Å²) in [6.07, 6.45) is 4.43. The first-order valence-electron chi connectivity index (χ1n) is 8.38. The van der Waals surface area contributed by atoms with Crippen LogP contribution < -0.4 is 16.0 Å². The number of anilines is 1. The normalized spacial score (nSPS) is 15.7. The van der Waals surface area contributed by atoms with Gasteiger partial charge < -0.3 is 16.0 Å². The van der Waals surface area contributed by atoms with E-state index in [0.717, 1.165) is 59.5 Å². The van der Waals surface area contributed by atoms with Crippen molar-refractivity contribution in [1.29, 1.82) is 0 Å². The number of nitrogens with zero attached hydrogens (tertiary/aromatic N) is 2. The lowest BCUT2D eigenvalue weighted by Crippen LogP contribution is -2.44. The Bertz CT molecular complexity index is 741. The molecule has 5 nitrogen and oxygen atoms in total. The third kappa shape index (κ3) is 3.47.